The molecule has 2 fully saturated rings. The van der Waals surface area contributed by atoms with Gasteiger partial charge in [0, 0.05) is 35.6 Å². The third kappa shape index (κ3) is 2.57. The van der Waals surface area contributed by atoms with Crippen molar-refractivity contribution in [1.82, 2.24) is 9.88 Å². The van der Waals surface area contributed by atoms with E-state index in [4.69, 9.17) is 9.15 Å². The zero-order valence-corrected chi connectivity index (χ0v) is 13.6. The predicted octanol–water partition coefficient (Wildman–Crippen LogP) is 2.75. The highest BCUT2D eigenvalue weighted by atomic mass is 32.2. The standard InChI is InChI=1S/C15H16N2O3S2/c18-15(10-9-22-14(16-10)12-2-1-5-20-12)17-4-7-21-13-8-19-6-3-11(13)17/h1-2,5,9,11,13H,3-4,6-8H2/t11-,13-/m0/s1. The number of hydrogen-bond donors (Lipinski definition) is 0. The zero-order valence-electron chi connectivity index (χ0n) is 11.9. The van der Waals surface area contributed by atoms with Crippen LogP contribution in [0.5, 0.6) is 0 Å². The number of aromatic nitrogens is 1. The third-order valence-electron chi connectivity index (χ3n) is 4.05. The molecule has 0 aromatic carbocycles. The summed E-state index contributed by atoms with van der Waals surface area (Å²) in [5.41, 5.74) is 0.522. The highest BCUT2D eigenvalue weighted by Crippen LogP contribution is 2.32. The van der Waals surface area contributed by atoms with Gasteiger partial charge in [-0.1, -0.05) is 0 Å². The van der Waals surface area contributed by atoms with E-state index in [-0.39, 0.29) is 11.9 Å². The fraction of sp³-hybridized carbons (Fsp3) is 0.467. The number of furan rings is 1. The van der Waals surface area contributed by atoms with Crippen molar-refractivity contribution in [3.8, 4) is 10.8 Å². The quantitative estimate of drug-likeness (QED) is 0.844. The summed E-state index contributed by atoms with van der Waals surface area (Å²) in [7, 11) is 0. The van der Waals surface area contributed by atoms with Gasteiger partial charge in [0.15, 0.2) is 10.8 Å². The van der Waals surface area contributed by atoms with Crippen molar-refractivity contribution < 1.29 is 13.9 Å². The SMILES string of the molecule is O=C(c1csc(-c2ccco2)n1)N1CCS[C@H]2COCC[C@@H]21. The van der Waals surface area contributed by atoms with E-state index in [0.29, 0.717) is 16.7 Å². The average Bonchev–Trinajstić information content (AvgIpc) is 3.24. The van der Waals surface area contributed by atoms with Gasteiger partial charge in [-0.3, -0.25) is 4.79 Å². The van der Waals surface area contributed by atoms with E-state index in [9.17, 15) is 4.79 Å². The second kappa shape index (κ2) is 6.06. The summed E-state index contributed by atoms with van der Waals surface area (Å²) in [6.07, 6.45) is 2.53. The molecule has 0 unspecified atom stereocenters. The molecule has 5 nitrogen and oxygen atoms in total. The van der Waals surface area contributed by atoms with Crippen molar-refractivity contribution in [2.75, 3.05) is 25.5 Å². The van der Waals surface area contributed by atoms with Gasteiger partial charge in [0.05, 0.1) is 12.9 Å². The van der Waals surface area contributed by atoms with E-state index < -0.39 is 0 Å². The number of carbonyl (C=O) groups excluding carboxylic acids is 1. The largest absolute Gasteiger partial charge is 0.462 e. The van der Waals surface area contributed by atoms with Crippen LogP contribution < -0.4 is 0 Å². The van der Waals surface area contributed by atoms with Crippen LogP contribution in [-0.2, 0) is 4.74 Å². The van der Waals surface area contributed by atoms with E-state index in [1.807, 2.05) is 34.2 Å². The van der Waals surface area contributed by atoms with Crippen LogP contribution in [0.15, 0.2) is 28.2 Å². The van der Waals surface area contributed by atoms with Crippen molar-refractivity contribution in [3.63, 3.8) is 0 Å². The number of hydrogen-bond acceptors (Lipinski definition) is 6. The Kier molecular flexibility index (Phi) is 3.94. The molecule has 2 atom stereocenters. The summed E-state index contributed by atoms with van der Waals surface area (Å²) >= 11 is 3.36. The maximum Gasteiger partial charge on any atom is 0.273 e. The molecule has 0 radical (unpaired) electrons. The first-order valence-electron chi connectivity index (χ1n) is 7.32. The Labute approximate surface area is 136 Å². The van der Waals surface area contributed by atoms with Crippen molar-refractivity contribution >= 4 is 29.0 Å². The second-order valence-electron chi connectivity index (χ2n) is 5.35. The molecule has 2 aliphatic heterocycles. The lowest BCUT2D eigenvalue weighted by Crippen LogP contribution is -2.54. The Morgan fingerprint density at radius 2 is 2.41 bits per heavy atom. The van der Waals surface area contributed by atoms with Crippen LogP contribution >= 0.6 is 23.1 Å². The lowest BCUT2D eigenvalue weighted by Gasteiger charge is -2.43. The molecular formula is C15H16N2O3S2. The van der Waals surface area contributed by atoms with Gasteiger partial charge in [0.2, 0.25) is 0 Å². The molecule has 4 heterocycles. The number of thiazole rings is 1. The molecule has 0 aliphatic carbocycles. The average molecular weight is 336 g/mol. The summed E-state index contributed by atoms with van der Waals surface area (Å²) in [5, 5.41) is 2.98. The highest BCUT2D eigenvalue weighted by Gasteiger charge is 2.37. The number of thioether (sulfide) groups is 1. The van der Waals surface area contributed by atoms with Crippen LogP contribution in [0.25, 0.3) is 10.8 Å². The number of ether oxygens (including phenoxy) is 1. The summed E-state index contributed by atoms with van der Waals surface area (Å²) < 4.78 is 10.9. The molecule has 1 amide bonds. The summed E-state index contributed by atoms with van der Waals surface area (Å²) in [4.78, 5) is 19.3. The molecule has 0 bridgehead atoms. The normalized spacial score (nSPS) is 25.0. The zero-order chi connectivity index (χ0) is 14.9. The van der Waals surface area contributed by atoms with Gasteiger partial charge in [-0.15, -0.1) is 11.3 Å². The van der Waals surface area contributed by atoms with Gasteiger partial charge in [-0.2, -0.15) is 11.8 Å². The Morgan fingerprint density at radius 1 is 1.45 bits per heavy atom. The molecule has 0 spiro atoms. The lowest BCUT2D eigenvalue weighted by atomic mass is 10.1. The highest BCUT2D eigenvalue weighted by molar-refractivity contribution is 8.00. The first kappa shape index (κ1) is 14.3. The molecule has 116 valence electrons. The topological polar surface area (TPSA) is 55.6 Å². The number of nitrogens with zero attached hydrogens (tertiary/aromatic N) is 2. The van der Waals surface area contributed by atoms with Gasteiger partial charge in [0.1, 0.15) is 5.69 Å². The minimum Gasteiger partial charge on any atom is -0.462 e. The van der Waals surface area contributed by atoms with Crippen LogP contribution in [0.4, 0.5) is 0 Å². The Balaban J connectivity index is 1.56. The van der Waals surface area contributed by atoms with Crippen LogP contribution in [0, 0.1) is 0 Å². The van der Waals surface area contributed by atoms with E-state index in [1.165, 1.54) is 11.3 Å². The maximum atomic E-state index is 12.8. The van der Waals surface area contributed by atoms with E-state index in [0.717, 1.165) is 36.9 Å². The van der Waals surface area contributed by atoms with E-state index >= 15 is 0 Å². The van der Waals surface area contributed by atoms with Crippen molar-refractivity contribution in [2.24, 2.45) is 0 Å². The Hall–Kier alpha value is -1.31. The van der Waals surface area contributed by atoms with Gasteiger partial charge in [0.25, 0.3) is 5.91 Å². The summed E-state index contributed by atoms with van der Waals surface area (Å²) in [6.45, 7) is 2.27. The Bertz CT molecular complexity index is 654. The number of carbonyl (C=O) groups is 1. The second-order valence-corrected chi connectivity index (χ2v) is 7.56. The molecule has 0 N–H and O–H groups in total. The Morgan fingerprint density at radius 3 is 3.27 bits per heavy atom. The molecule has 2 aromatic rings. The van der Waals surface area contributed by atoms with Gasteiger partial charge >= 0.3 is 0 Å². The molecule has 7 heteroatoms. The van der Waals surface area contributed by atoms with Gasteiger partial charge in [-0.25, -0.2) is 4.98 Å². The number of fused-ring (bicyclic) bond motifs is 1. The van der Waals surface area contributed by atoms with Crippen LogP contribution in [0.2, 0.25) is 0 Å². The monoisotopic (exact) mass is 336 g/mol. The molecular weight excluding hydrogens is 320 g/mol. The first-order valence-corrected chi connectivity index (χ1v) is 9.25. The summed E-state index contributed by atoms with van der Waals surface area (Å²) in [5.74, 6) is 1.71. The minimum atomic E-state index is 0.0336. The number of rotatable bonds is 2. The van der Waals surface area contributed by atoms with Crippen molar-refractivity contribution in [1.29, 1.82) is 0 Å². The predicted molar refractivity (Wildman–Crippen MR) is 86.3 cm³/mol. The van der Waals surface area contributed by atoms with Gasteiger partial charge in [-0.05, 0) is 18.6 Å². The van der Waals surface area contributed by atoms with E-state index in [1.54, 1.807) is 6.26 Å². The third-order valence-corrected chi connectivity index (χ3v) is 6.20. The minimum absolute atomic E-state index is 0.0336. The molecule has 22 heavy (non-hydrogen) atoms. The lowest BCUT2D eigenvalue weighted by molar-refractivity contribution is 0.0316. The van der Waals surface area contributed by atoms with Crippen LogP contribution in [-0.4, -0.2) is 52.6 Å². The smallest absolute Gasteiger partial charge is 0.273 e. The molecule has 2 aliphatic rings. The van der Waals surface area contributed by atoms with Gasteiger partial charge < -0.3 is 14.1 Å². The van der Waals surface area contributed by atoms with Crippen molar-refractivity contribution in [2.45, 2.75) is 17.7 Å². The van der Waals surface area contributed by atoms with Crippen molar-refractivity contribution in [3.05, 3.63) is 29.5 Å². The maximum absolute atomic E-state index is 12.8. The fourth-order valence-corrected chi connectivity index (χ4v) is 5.03. The number of amides is 1. The first-order chi connectivity index (χ1) is 10.8. The van der Waals surface area contributed by atoms with E-state index in [2.05, 4.69) is 4.98 Å². The molecule has 0 saturated carbocycles. The van der Waals surface area contributed by atoms with Crippen LogP contribution in [0.1, 0.15) is 16.9 Å². The molecule has 2 saturated heterocycles. The van der Waals surface area contributed by atoms with Crippen LogP contribution in [0.3, 0.4) is 0 Å². The fourth-order valence-electron chi connectivity index (χ4n) is 2.97. The summed E-state index contributed by atoms with van der Waals surface area (Å²) in [6, 6.07) is 3.96. The molecule has 2 aromatic heterocycles. The molecule has 4 rings (SSSR count).